The van der Waals surface area contributed by atoms with Crippen molar-refractivity contribution in [2.45, 2.75) is 0 Å². The fourth-order valence-electron chi connectivity index (χ4n) is 1.84. The average Bonchev–Trinajstić information content (AvgIpc) is 2.52. The molecule has 0 aliphatic heterocycles. The lowest BCUT2D eigenvalue weighted by Crippen LogP contribution is -2.22. The predicted octanol–water partition coefficient (Wildman–Crippen LogP) is 1.82. The lowest BCUT2D eigenvalue weighted by atomic mass is 10.1. The van der Waals surface area contributed by atoms with Gasteiger partial charge in [0.25, 0.3) is 0 Å². The second-order valence-corrected chi connectivity index (χ2v) is 4.17. The number of hydrogen-bond acceptors (Lipinski definition) is 5. The normalized spacial score (nSPS) is 10.6. The zero-order valence-corrected chi connectivity index (χ0v) is 11.7. The molecule has 0 spiro atoms. The van der Waals surface area contributed by atoms with Gasteiger partial charge in [0.2, 0.25) is 0 Å². The van der Waals surface area contributed by atoms with E-state index in [2.05, 4.69) is 4.99 Å². The first-order chi connectivity index (χ1) is 10.2. The van der Waals surface area contributed by atoms with Gasteiger partial charge in [0, 0.05) is 17.3 Å². The maximum atomic E-state index is 11.0. The number of carboxylic acids is 1. The minimum absolute atomic E-state index is 0.0376. The molecule has 0 aromatic heterocycles. The number of rotatable bonds is 5. The van der Waals surface area contributed by atoms with Crippen molar-refractivity contribution in [1.29, 1.82) is 0 Å². The van der Waals surface area contributed by atoms with Crippen molar-refractivity contribution in [2.75, 3.05) is 14.2 Å². The van der Waals surface area contributed by atoms with Gasteiger partial charge in [-0.3, -0.25) is 4.99 Å². The molecule has 0 unspecified atom stereocenters. The van der Waals surface area contributed by atoms with Gasteiger partial charge in [-0.05, 0) is 24.3 Å². The molecule has 0 radical (unpaired) electrons. The Labute approximate surface area is 122 Å². The third kappa shape index (κ3) is 3.39. The smallest absolute Gasteiger partial charge is 0.127 e. The number of carbonyl (C=O) groups is 1. The summed E-state index contributed by atoms with van der Waals surface area (Å²) in [5.74, 6) is 0.0104. The summed E-state index contributed by atoms with van der Waals surface area (Å²) in [7, 11) is 3.11. The van der Waals surface area contributed by atoms with Crippen molar-refractivity contribution in [3.63, 3.8) is 0 Å². The van der Waals surface area contributed by atoms with Crippen molar-refractivity contribution >= 4 is 17.9 Å². The lowest BCUT2D eigenvalue weighted by Gasteiger charge is -2.08. The molecule has 0 saturated carbocycles. The standard InChI is InChI=1S/C16H15NO4/c1-20-12-7-8-15(21-2)11(9-12)10-17-14-6-4-3-5-13(14)16(18)19/h3-10H,1-2H3,(H,18,19)/p-1. The number of ether oxygens (including phenoxy) is 2. The summed E-state index contributed by atoms with van der Waals surface area (Å²) in [4.78, 5) is 15.2. The first kappa shape index (κ1) is 14.6. The van der Waals surface area contributed by atoms with Gasteiger partial charge in [-0.25, -0.2) is 0 Å². The Hall–Kier alpha value is -2.82. The first-order valence-corrected chi connectivity index (χ1v) is 6.22. The Kier molecular flexibility index (Phi) is 4.56. The largest absolute Gasteiger partial charge is 0.545 e. The van der Waals surface area contributed by atoms with E-state index in [1.165, 1.54) is 12.3 Å². The van der Waals surface area contributed by atoms with Gasteiger partial charge in [0.05, 0.1) is 25.9 Å². The molecule has 0 aliphatic rings. The summed E-state index contributed by atoms with van der Waals surface area (Å²) in [5, 5.41) is 11.0. The lowest BCUT2D eigenvalue weighted by molar-refractivity contribution is -0.254. The van der Waals surface area contributed by atoms with Gasteiger partial charge in [0.15, 0.2) is 0 Å². The van der Waals surface area contributed by atoms with E-state index >= 15 is 0 Å². The van der Waals surface area contributed by atoms with E-state index in [4.69, 9.17) is 9.47 Å². The predicted molar refractivity (Wildman–Crippen MR) is 77.6 cm³/mol. The summed E-state index contributed by atoms with van der Waals surface area (Å²) in [5.41, 5.74) is 1.04. The monoisotopic (exact) mass is 284 g/mol. The van der Waals surface area contributed by atoms with Crippen LogP contribution in [0.4, 0.5) is 5.69 Å². The molecule has 0 heterocycles. The minimum Gasteiger partial charge on any atom is -0.545 e. The second kappa shape index (κ2) is 6.56. The summed E-state index contributed by atoms with van der Waals surface area (Å²) in [6.45, 7) is 0. The van der Waals surface area contributed by atoms with Crippen LogP contribution < -0.4 is 14.6 Å². The van der Waals surface area contributed by atoms with Crippen LogP contribution in [0.15, 0.2) is 47.5 Å². The fraction of sp³-hybridized carbons (Fsp3) is 0.125. The van der Waals surface area contributed by atoms with Gasteiger partial charge < -0.3 is 19.4 Å². The van der Waals surface area contributed by atoms with Crippen LogP contribution in [0.2, 0.25) is 0 Å². The van der Waals surface area contributed by atoms with Crippen LogP contribution in [-0.4, -0.2) is 26.4 Å². The quantitative estimate of drug-likeness (QED) is 0.785. The van der Waals surface area contributed by atoms with Gasteiger partial charge in [-0.2, -0.15) is 0 Å². The van der Waals surface area contributed by atoms with Gasteiger partial charge in [0.1, 0.15) is 11.5 Å². The van der Waals surface area contributed by atoms with E-state index in [9.17, 15) is 9.90 Å². The molecular formula is C16H14NO4-. The van der Waals surface area contributed by atoms with Gasteiger partial charge >= 0.3 is 0 Å². The topological polar surface area (TPSA) is 71.0 Å². The zero-order chi connectivity index (χ0) is 15.2. The third-order valence-corrected chi connectivity index (χ3v) is 2.90. The molecule has 0 fully saturated rings. The summed E-state index contributed by atoms with van der Waals surface area (Å²) < 4.78 is 10.4. The molecule has 2 rings (SSSR count). The van der Waals surface area contributed by atoms with Crippen LogP contribution in [0.3, 0.4) is 0 Å². The Morgan fingerprint density at radius 3 is 2.57 bits per heavy atom. The SMILES string of the molecule is COc1ccc(OC)c(C=Nc2ccccc2C(=O)[O-])c1. The zero-order valence-electron chi connectivity index (χ0n) is 11.7. The number of para-hydroxylation sites is 1. The Bertz CT molecular complexity index is 680. The van der Waals surface area contributed by atoms with Crippen LogP contribution in [0.25, 0.3) is 0 Å². The van der Waals surface area contributed by atoms with E-state index in [1.807, 2.05) is 0 Å². The molecule has 2 aromatic rings. The van der Waals surface area contributed by atoms with Crippen molar-refractivity contribution in [3.05, 3.63) is 53.6 Å². The average molecular weight is 284 g/mol. The molecule has 21 heavy (non-hydrogen) atoms. The summed E-state index contributed by atoms with van der Waals surface area (Å²) in [6, 6.07) is 11.7. The highest BCUT2D eigenvalue weighted by molar-refractivity contribution is 5.94. The molecule has 0 saturated heterocycles. The van der Waals surface area contributed by atoms with E-state index in [1.54, 1.807) is 50.6 Å². The van der Waals surface area contributed by atoms with E-state index in [0.717, 1.165) is 0 Å². The first-order valence-electron chi connectivity index (χ1n) is 6.22. The fourth-order valence-corrected chi connectivity index (χ4v) is 1.84. The van der Waals surface area contributed by atoms with Gasteiger partial charge in [-0.1, -0.05) is 18.2 Å². The molecular weight excluding hydrogens is 270 g/mol. The number of benzene rings is 2. The van der Waals surface area contributed by atoms with Crippen molar-refractivity contribution in [1.82, 2.24) is 0 Å². The van der Waals surface area contributed by atoms with E-state index in [-0.39, 0.29) is 5.56 Å². The number of nitrogens with zero attached hydrogens (tertiary/aromatic N) is 1. The Balaban J connectivity index is 2.39. The molecule has 2 aromatic carbocycles. The van der Waals surface area contributed by atoms with Gasteiger partial charge in [-0.15, -0.1) is 0 Å². The highest BCUT2D eigenvalue weighted by Crippen LogP contribution is 2.24. The number of aromatic carboxylic acids is 1. The van der Waals surface area contributed by atoms with Crippen LogP contribution in [0.5, 0.6) is 11.5 Å². The molecule has 0 aliphatic carbocycles. The highest BCUT2D eigenvalue weighted by Gasteiger charge is 2.04. The molecule has 0 atom stereocenters. The third-order valence-electron chi connectivity index (χ3n) is 2.90. The Morgan fingerprint density at radius 2 is 1.90 bits per heavy atom. The van der Waals surface area contributed by atoms with Crippen LogP contribution in [0.1, 0.15) is 15.9 Å². The Morgan fingerprint density at radius 1 is 1.14 bits per heavy atom. The maximum Gasteiger partial charge on any atom is 0.127 e. The highest BCUT2D eigenvalue weighted by atomic mass is 16.5. The molecule has 0 bridgehead atoms. The van der Waals surface area contributed by atoms with Crippen LogP contribution >= 0.6 is 0 Å². The van der Waals surface area contributed by atoms with Crippen LogP contribution in [0, 0.1) is 0 Å². The molecule has 0 amide bonds. The number of methoxy groups -OCH3 is 2. The number of hydrogen-bond donors (Lipinski definition) is 0. The molecule has 0 N–H and O–H groups in total. The second-order valence-electron chi connectivity index (χ2n) is 4.17. The van der Waals surface area contributed by atoms with E-state index < -0.39 is 5.97 Å². The molecule has 108 valence electrons. The van der Waals surface area contributed by atoms with Crippen molar-refractivity contribution in [3.8, 4) is 11.5 Å². The molecule has 5 heteroatoms. The van der Waals surface area contributed by atoms with E-state index in [0.29, 0.717) is 22.7 Å². The minimum atomic E-state index is -1.26. The number of aliphatic imine (C=N–C) groups is 1. The molecule has 5 nitrogen and oxygen atoms in total. The summed E-state index contributed by atoms with van der Waals surface area (Å²) in [6.07, 6.45) is 1.53. The summed E-state index contributed by atoms with van der Waals surface area (Å²) >= 11 is 0. The van der Waals surface area contributed by atoms with Crippen molar-refractivity contribution in [2.24, 2.45) is 4.99 Å². The number of carboxylic acid groups (broad SMARTS) is 1. The maximum absolute atomic E-state index is 11.0. The van der Waals surface area contributed by atoms with Crippen LogP contribution in [-0.2, 0) is 0 Å². The number of carbonyl (C=O) groups excluding carboxylic acids is 1. The van der Waals surface area contributed by atoms with Crippen molar-refractivity contribution < 1.29 is 19.4 Å².